The van der Waals surface area contributed by atoms with Crippen molar-refractivity contribution in [3.63, 3.8) is 0 Å². The number of methoxy groups -OCH3 is 1. The standard InChI is InChI=1S/C15H16F4N6O2/c1-27-14-8(3-23-13(26)10-2-9(16)4-20-10)7-25(24-14)12-6-21-11(5-22-12)15(17,18)19/h5-7,9-10,20H,2-4H2,1H3,(H,23,26). The molecule has 3 rings (SSSR count). The van der Waals surface area contributed by atoms with Gasteiger partial charge < -0.3 is 15.4 Å². The molecule has 2 aromatic rings. The van der Waals surface area contributed by atoms with Gasteiger partial charge in [0.2, 0.25) is 11.8 Å². The van der Waals surface area contributed by atoms with Crippen LogP contribution in [0, 0.1) is 0 Å². The molecule has 1 fully saturated rings. The summed E-state index contributed by atoms with van der Waals surface area (Å²) in [4.78, 5) is 19.1. The van der Waals surface area contributed by atoms with E-state index in [0.29, 0.717) is 11.8 Å². The molecule has 146 valence electrons. The van der Waals surface area contributed by atoms with E-state index in [1.54, 1.807) is 0 Å². The Hall–Kier alpha value is -2.76. The van der Waals surface area contributed by atoms with Gasteiger partial charge in [0, 0.05) is 25.7 Å². The molecule has 1 saturated heterocycles. The number of carbonyl (C=O) groups is 1. The largest absolute Gasteiger partial charge is 0.480 e. The summed E-state index contributed by atoms with van der Waals surface area (Å²) >= 11 is 0. The van der Waals surface area contributed by atoms with Crippen LogP contribution in [0.2, 0.25) is 0 Å². The van der Waals surface area contributed by atoms with Gasteiger partial charge in [0.05, 0.1) is 31.1 Å². The fourth-order valence-corrected chi connectivity index (χ4v) is 2.59. The topological polar surface area (TPSA) is 94.0 Å². The van der Waals surface area contributed by atoms with Crippen molar-refractivity contribution in [2.45, 2.75) is 31.4 Å². The molecule has 0 aromatic carbocycles. The molecule has 2 unspecified atom stereocenters. The maximum atomic E-state index is 13.2. The molecule has 0 aliphatic carbocycles. The SMILES string of the molecule is COc1nn(-c2cnc(C(F)(F)F)cn2)cc1CNC(=O)C1CC(F)CN1. The van der Waals surface area contributed by atoms with Gasteiger partial charge in [0.15, 0.2) is 11.5 Å². The lowest BCUT2D eigenvalue weighted by molar-refractivity contribution is -0.141. The number of hydrogen-bond donors (Lipinski definition) is 2. The maximum absolute atomic E-state index is 13.2. The van der Waals surface area contributed by atoms with Crippen LogP contribution in [-0.4, -0.2) is 51.5 Å². The molecule has 2 aromatic heterocycles. The first-order valence-electron chi connectivity index (χ1n) is 7.95. The highest BCUT2D eigenvalue weighted by molar-refractivity contribution is 5.82. The van der Waals surface area contributed by atoms with Gasteiger partial charge >= 0.3 is 6.18 Å². The van der Waals surface area contributed by atoms with Crippen LogP contribution in [-0.2, 0) is 17.5 Å². The fourth-order valence-electron chi connectivity index (χ4n) is 2.59. The van der Waals surface area contributed by atoms with Gasteiger partial charge in [0.1, 0.15) is 6.17 Å². The Morgan fingerprint density at radius 2 is 2.19 bits per heavy atom. The zero-order chi connectivity index (χ0) is 19.6. The minimum atomic E-state index is -4.59. The molecule has 27 heavy (non-hydrogen) atoms. The van der Waals surface area contributed by atoms with Crippen LogP contribution in [0.3, 0.4) is 0 Å². The molecule has 0 saturated carbocycles. The van der Waals surface area contributed by atoms with Gasteiger partial charge in [-0.25, -0.2) is 19.0 Å². The Labute approximate surface area is 150 Å². The number of nitrogens with zero attached hydrogens (tertiary/aromatic N) is 4. The summed E-state index contributed by atoms with van der Waals surface area (Å²) in [7, 11) is 1.36. The predicted octanol–water partition coefficient (Wildman–Crippen LogP) is 1.01. The first-order valence-corrected chi connectivity index (χ1v) is 7.95. The number of carbonyl (C=O) groups excluding carboxylic acids is 1. The van der Waals surface area contributed by atoms with Gasteiger partial charge in [0.25, 0.3) is 0 Å². The van der Waals surface area contributed by atoms with Gasteiger partial charge in [-0.2, -0.15) is 13.2 Å². The van der Waals surface area contributed by atoms with Crippen molar-refractivity contribution in [3.05, 3.63) is 29.8 Å². The van der Waals surface area contributed by atoms with Crippen molar-refractivity contribution in [1.82, 2.24) is 30.4 Å². The number of ether oxygens (including phenoxy) is 1. The van der Waals surface area contributed by atoms with Gasteiger partial charge in [-0.3, -0.25) is 4.79 Å². The smallest absolute Gasteiger partial charge is 0.434 e. The molecule has 2 N–H and O–H groups in total. The van der Waals surface area contributed by atoms with Crippen molar-refractivity contribution in [2.75, 3.05) is 13.7 Å². The van der Waals surface area contributed by atoms with E-state index in [-0.39, 0.29) is 37.1 Å². The second-order valence-corrected chi connectivity index (χ2v) is 5.88. The van der Waals surface area contributed by atoms with E-state index in [9.17, 15) is 22.4 Å². The monoisotopic (exact) mass is 388 g/mol. The van der Waals surface area contributed by atoms with Crippen molar-refractivity contribution in [2.24, 2.45) is 0 Å². The lowest BCUT2D eigenvalue weighted by Gasteiger charge is -2.10. The summed E-state index contributed by atoms with van der Waals surface area (Å²) in [5.74, 6) is -0.143. The van der Waals surface area contributed by atoms with E-state index in [1.807, 2.05) is 0 Å². The van der Waals surface area contributed by atoms with Gasteiger partial charge in [-0.05, 0) is 0 Å². The number of nitrogens with one attached hydrogen (secondary N) is 2. The summed E-state index contributed by atoms with van der Waals surface area (Å²) in [6.45, 7) is 0.178. The van der Waals surface area contributed by atoms with Crippen molar-refractivity contribution < 1.29 is 27.1 Å². The van der Waals surface area contributed by atoms with E-state index in [4.69, 9.17) is 4.74 Å². The van der Waals surface area contributed by atoms with Gasteiger partial charge in [-0.1, -0.05) is 0 Å². The molecular formula is C15H16F4N6O2. The predicted molar refractivity (Wildman–Crippen MR) is 83.9 cm³/mol. The summed E-state index contributed by atoms with van der Waals surface area (Å²) in [5, 5.41) is 9.48. The Morgan fingerprint density at radius 3 is 2.74 bits per heavy atom. The molecule has 1 amide bonds. The minimum absolute atomic E-state index is 0.0468. The van der Waals surface area contributed by atoms with Crippen LogP contribution in [0.5, 0.6) is 5.88 Å². The Morgan fingerprint density at radius 1 is 1.41 bits per heavy atom. The number of amides is 1. The van der Waals surface area contributed by atoms with Crippen LogP contribution in [0.1, 0.15) is 17.7 Å². The third-order valence-corrected chi connectivity index (χ3v) is 3.95. The summed E-state index contributed by atoms with van der Waals surface area (Å²) in [6, 6.07) is -0.609. The normalized spacial score (nSPS) is 19.9. The lowest BCUT2D eigenvalue weighted by Crippen LogP contribution is -2.40. The Bertz CT molecular complexity index is 808. The third-order valence-electron chi connectivity index (χ3n) is 3.95. The number of hydrogen-bond acceptors (Lipinski definition) is 6. The highest BCUT2D eigenvalue weighted by atomic mass is 19.4. The number of alkyl halides is 4. The van der Waals surface area contributed by atoms with Crippen LogP contribution < -0.4 is 15.4 Å². The molecule has 2 atom stereocenters. The zero-order valence-electron chi connectivity index (χ0n) is 14.1. The molecule has 0 radical (unpaired) electrons. The average Bonchev–Trinajstić information content (AvgIpc) is 3.25. The van der Waals surface area contributed by atoms with Crippen LogP contribution in [0.25, 0.3) is 5.82 Å². The number of aromatic nitrogens is 4. The average molecular weight is 388 g/mol. The first-order chi connectivity index (χ1) is 12.8. The van der Waals surface area contributed by atoms with Crippen LogP contribution >= 0.6 is 0 Å². The van der Waals surface area contributed by atoms with E-state index < -0.39 is 24.1 Å². The second kappa shape index (κ2) is 7.47. The molecule has 0 bridgehead atoms. The summed E-state index contributed by atoms with van der Waals surface area (Å²) in [6.07, 6.45) is -2.56. The van der Waals surface area contributed by atoms with E-state index in [0.717, 1.165) is 6.20 Å². The van der Waals surface area contributed by atoms with Gasteiger partial charge in [-0.15, -0.1) is 5.10 Å². The maximum Gasteiger partial charge on any atom is 0.434 e. The molecule has 0 spiro atoms. The number of rotatable bonds is 5. The first kappa shape index (κ1) is 19.0. The highest BCUT2D eigenvalue weighted by Crippen LogP contribution is 2.27. The fraction of sp³-hybridized carbons (Fsp3) is 0.467. The summed E-state index contributed by atoms with van der Waals surface area (Å²) < 4.78 is 57.1. The Kier molecular flexibility index (Phi) is 5.26. The van der Waals surface area contributed by atoms with E-state index in [1.165, 1.54) is 18.0 Å². The van der Waals surface area contributed by atoms with Crippen molar-refractivity contribution in [3.8, 4) is 11.7 Å². The quantitative estimate of drug-likeness (QED) is 0.743. The molecular weight excluding hydrogens is 372 g/mol. The van der Waals surface area contributed by atoms with Crippen molar-refractivity contribution >= 4 is 5.91 Å². The zero-order valence-corrected chi connectivity index (χ0v) is 14.1. The molecule has 8 nitrogen and oxygen atoms in total. The van der Waals surface area contributed by atoms with Crippen LogP contribution in [0.4, 0.5) is 17.6 Å². The molecule has 1 aliphatic rings. The third kappa shape index (κ3) is 4.32. The van der Waals surface area contributed by atoms with E-state index >= 15 is 0 Å². The lowest BCUT2D eigenvalue weighted by atomic mass is 10.2. The second-order valence-electron chi connectivity index (χ2n) is 5.88. The molecule has 3 heterocycles. The minimum Gasteiger partial charge on any atom is -0.480 e. The molecule has 1 aliphatic heterocycles. The molecule has 12 heteroatoms. The van der Waals surface area contributed by atoms with Crippen molar-refractivity contribution in [1.29, 1.82) is 0 Å². The van der Waals surface area contributed by atoms with Crippen LogP contribution in [0.15, 0.2) is 18.6 Å². The highest BCUT2D eigenvalue weighted by Gasteiger charge is 2.33. The number of halogens is 4. The van der Waals surface area contributed by atoms with E-state index in [2.05, 4.69) is 25.7 Å². The Balaban J connectivity index is 1.70. The summed E-state index contributed by atoms with van der Waals surface area (Å²) in [5.41, 5.74) is -0.643.